The van der Waals surface area contributed by atoms with Gasteiger partial charge in [0, 0.05) is 0 Å². The molecule has 0 aromatic heterocycles. The zero-order chi connectivity index (χ0) is 12.9. The average molecular weight is 264 g/mol. The lowest BCUT2D eigenvalue weighted by Crippen LogP contribution is -2.33. The first-order chi connectivity index (χ1) is 8.59. The van der Waals surface area contributed by atoms with Crippen molar-refractivity contribution in [1.29, 1.82) is 0 Å². The zero-order valence-corrected chi connectivity index (χ0v) is 13.3. The first kappa shape index (κ1) is 11.9. The molecule has 2 aromatic carbocycles. The maximum atomic E-state index is 2.30. The van der Waals surface area contributed by atoms with Crippen molar-refractivity contribution in [1.82, 2.24) is 0 Å². The van der Waals surface area contributed by atoms with Crippen LogP contribution in [0.2, 0.25) is 0 Å². The summed E-state index contributed by atoms with van der Waals surface area (Å²) in [5, 5.41) is 3.10. The number of hydrogen-bond acceptors (Lipinski definition) is 0. The van der Waals surface area contributed by atoms with E-state index >= 15 is 0 Å². The van der Waals surface area contributed by atoms with Crippen molar-refractivity contribution in [3.05, 3.63) is 56.1 Å². The third-order valence-electron chi connectivity index (χ3n) is 4.13. The Hall–Kier alpha value is -1.13. The Morgan fingerprint density at radius 3 is 1.39 bits per heavy atom. The quantitative estimate of drug-likeness (QED) is 0.543. The molecule has 0 nitrogen and oxygen atoms in total. The summed E-state index contributed by atoms with van der Waals surface area (Å²) in [5.41, 5.74) is 6.02. The highest BCUT2D eigenvalue weighted by molar-refractivity contribution is 6.62. The Bertz CT molecular complexity index is 705. The van der Waals surface area contributed by atoms with E-state index in [0.29, 0.717) is 0 Å². The minimum atomic E-state index is 0.839. The maximum absolute atomic E-state index is 2.30. The van der Waals surface area contributed by atoms with Gasteiger partial charge in [0.15, 0.2) is 0 Å². The highest BCUT2D eigenvalue weighted by Gasteiger charge is 2.10. The highest BCUT2D eigenvalue weighted by atomic mass is 28.2. The summed E-state index contributed by atoms with van der Waals surface area (Å²) in [6, 6.07) is 8.94. The summed E-state index contributed by atoms with van der Waals surface area (Å²) in [6.45, 7) is 9.14. The van der Waals surface area contributed by atoms with Crippen LogP contribution in [0.5, 0.6) is 0 Å². The smallest absolute Gasteiger partial charge is 0.0621 e. The van der Waals surface area contributed by atoms with Crippen molar-refractivity contribution >= 4 is 28.6 Å². The average Bonchev–Trinajstić information content (AvgIpc) is 2.41. The summed E-state index contributed by atoms with van der Waals surface area (Å²) in [7, 11) is 1.68. The lowest BCUT2D eigenvalue weighted by atomic mass is 10.00. The fraction of sp³-hybridized carbons (Fsp3) is 0.250. The van der Waals surface area contributed by atoms with Gasteiger partial charge in [-0.3, -0.25) is 0 Å². The molecule has 2 heteroatoms. The molecule has 0 fully saturated rings. The molecule has 1 heterocycles. The molecule has 0 amide bonds. The molecule has 2 aromatic rings. The van der Waals surface area contributed by atoms with E-state index in [0.717, 1.165) is 18.3 Å². The van der Waals surface area contributed by atoms with Crippen LogP contribution in [0, 0.1) is 37.3 Å². The van der Waals surface area contributed by atoms with Crippen LogP contribution in [0.25, 0.3) is 0 Å². The van der Waals surface area contributed by atoms with Crippen LogP contribution in [0.15, 0.2) is 24.3 Å². The molecule has 0 spiro atoms. The Balaban J connectivity index is 2.51. The molecule has 0 bridgehead atoms. The van der Waals surface area contributed by atoms with Gasteiger partial charge in [0.25, 0.3) is 0 Å². The second-order valence-corrected chi connectivity index (χ2v) is 7.62. The van der Waals surface area contributed by atoms with Crippen molar-refractivity contribution in [3.8, 4) is 0 Å². The Morgan fingerprint density at radius 1 is 0.611 bits per heavy atom. The highest BCUT2D eigenvalue weighted by Crippen LogP contribution is 2.18. The van der Waals surface area contributed by atoms with Crippen LogP contribution < -0.4 is 10.4 Å². The van der Waals surface area contributed by atoms with Crippen LogP contribution in [0.1, 0.15) is 22.3 Å². The molecule has 1 aliphatic heterocycles. The molecular formula is C16H16Si2. The minimum absolute atomic E-state index is 0.839. The van der Waals surface area contributed by atoms with Gasteiger partial charge in [-0.05, 0) is 70.0 Å². The lowest BCUT2D eigenvalue weighted by molar-refractivity contribution is 1.19. The van der Waals surface area contributed by atoms with E-state index in [2.05, 4.69) is 52.0 Å². The van der Waals surface area contributed by atoms with Gasteiger partial charge in [-0.25, -0.2) is 0 Å². The predicted molar refractivity (Wildman–Crippen MR) is 80.3 cm³/mol. The molecule has 0 saturated carbocycles. The van der Waals surface area contributed by atoms with Gasteiger partial charge in [0.1, 0.15) is 0 Å². The van der Waals surface area contributed by atoms with Gasteiger partial charge < -0.3 is 0 Å². The standard InChI is InChI=1S/C16H16Si2/c1-9-10(2)12(4)16-15(11(9)3)17-13-7-5-6-8-14(13)18-16/h5-8H,1-4H3. The number of hydrogen-bond donors (Lipinski definition) is 0. The summed E-state index contributed by atoms with van der Waals surface area (Å²) < 4.78 is 0. The van der Waals surface area contributed by atoms with Crippen LogP contribution in [0.3, 0.4) is 0 Å². The molecule has 0 unspecified atom stereocenters. The molecule has 0 aliphatic carbocycles. The fourth-order valence-electron chi connectivity index (χ4n) is 2.60. The monoisotopic (exact) mass is 264 g/mol. The van der Waals surface area contributed by atoms with Gasteiger partial charge in [-0.1, -0.05) is 24.3 Å². The lowest BCUT2D eigenvalue weighted by Gasteiger charge is -2.15. The number of rotatable bonds is 0. The largest absolute Gasteiger partial charge is 0.0695 e. The Morgan fingerprint density at radius 2 is 1.00 bits per heavy atom. The third kappa shape index (κ3) is 1.63. The molecule has 18 heavy (non-hydrogen) atoms. The Kier molecular flexibility index (Phi) is 2.79. The molecular weight excluding hydrogens is 248 g/mol. The van der Waals surface area contributed by atoms with Crippen molar-refractivity contribution < 1.29 is 0 Å². The summed E-state index contributed by atoms with van der Waals surface area (Å²) in [4.78, 5) is 3.24. The van der Waals surface area contributed by atoms with Gasteiger partial charge in [0.05, 0.1) is 18.3 Å². The summed E-state index contributed by atoms with van der Waals surface area (Å²) >= 11 is 0. The second-order valence-electron chi connectivity index (χ2n) is 5.05. The summed E-state index contributed by atoms with van der Waals surface area (Å²) in [6.07, 6.45) is 0. The van der Waals surface area contributed by atoms with E-state index in [9.17, 15) is 0 Å². The van der Waals surface area contributed by atoms with Gasteiger partial charge in [-0.2, -0.15) is 0 Å². The molecule has 0 saturated heterocycles. The summed E-state index contributed by atoms with van der Waals surface area (Å²) in [5.74, 6) is 0. The Labute approximate surface area is 113 Å². The van der Waals surface area contributed by atoms with Gasteiger partial charge >= 0.3 is 0 Å². The number of benzene rings is 2. The second kappa shape index (κ2) is 4.21. The van der Waals surface area contributed by atoms with Crippen LogP contribution in [0.4, 0.5) is 0 Å². The first-order valence-electron chi connectivity index (χ1n) is 6.33. The molecule has 0 atom stereocenters. The molecule has 2 radical (unpaired) electrons. The minimum Gasteiger partial charge on any atom is -0.0621 e. The van der Waals surface area contributed by atoms with Gasteiger partial charge in [-0.15, -0.1) is 0 Å². The zero-order valence-electron chi connectivity index (χ0n) is 11.3. The predicted octanol–water partition coefficient (Wildman–Crippen LogP) is 1.79. The number of fused-ring (bicyclic) bond motifs is 2. The van der Waals surface area contributed by atoms with E-state index < -0.39 is 0 Å². The van der Waals surface area contributed by atoms with E-state index in [1.165, 1.54) is 22.3 Å². The molecule has 3 rings (SSSR count). The molecule has 88 valence electrons. The normalized spacial score (nSPS) is 12.2. The van der Waals surface area contributed by atoms with Gasteiger partial charge in [0.2, 0.25) is 0 Å². The van der Waals surface area contributed by atoms with E-state index in [-0.39, 0.29) is 0 Å². The van der Waals surface area contributed by atoms with Crippen molar-refractivity contribution in [3.63, 3.8) is 0 Å². The van der Waals surface area contributed by atoms with E-state index in [1.54, 1.807) is 20.0 Å². The van der Waals surface area contributed by atoms with Crippen molar-refractivity contribution in [2.75, 3.05) is 0 Å². The molecule has 0 N–H and O–H groups in total. The van der Waals surface area contributed by atoms with Crippen molar-refractivity contribution in [2.45, 2.75) is 27.7 Å². The van der Waals surface area contributed by atoms with E-state index in [4.69, 9.17) is 0 Å². The van der Waals surface area contributed by atoms with Crippen LogP contribution in [-0.4, -0.2) is 18.3 Å². The van der Waals surface area contributed by atoms with Crippen LogP contribution in [-0.2, 0) is 0 Å². The third-order valence-corrected chi connectivity index (χ3v) is 7.79. The topological polar surface area (TPSA) is 0 Å². The first-order valence-corrected chi connectivity index (χ1v) is 8.33. The maximum Gasteiger partial charge on any atom is 0.0695 e. The van der Waals surface area contributed by atoms with E-state index in [1.807, 2.05) is 0 Å². The molecule has 1 aliphatic rings. The van der Waals surface area contributed by atoms with Crippen LogP contribution >= 0.6 is 0 Å². The fourth-order valence-corrected chi connectivity index (χ4v) is 6.05. The SMILES string of the molecule is Cc1c(C)c(C)c2c(c1C)=[Si]c1ccccc1[Si]=2. The van der Waals surface area contributed by atoms with Crippen molar-refractivity contribution in [2.24, 2.45) is 0 Å².